The van der Waals surface area contributed by atoms with E-state index in [-0.39, 0.29) is 6.10 Å². The predicted octanol–water partition coefficient (Wildman–Crippen LogP) is 3.56. The van der Waals surface area contributed by atoms with Crippen LogP contribution in [0.15, 0.2) is 12.1 Å². The lowest BCUT2D eigenvalue weighted by atomic mass is 9.89. The van der Waals surface area contributed by atoms with Crippen molar-refractivity contribution in [3.8, 4) is 11.9 Å². The molecule has 0 amide bonds. The number of hydrogen-bond acceptors (Lipinski definition) is 3. The second kappa shape index (κ2) is 5.37. The summed E-state index contributed by atoms with van der Waals surface area (Å²) in [5.74, 6) is 1.26. The molecule has 0 aromatic carbocycles. The highest BCUT2D eigenvalue weighted by Gasteiger charge is 2.20. The minimum absolute atomic E-state index is 0.212. The highest BCUT2D eigenvalue weighted by Crippen LogP contribution is 2.27. The average Bonchev–Trinajstić information content (AvgIpc) is 2.31. The largest absolute Gasteiger partial charge is 0.474 e. The number of nitrogens with zero attached hydrogens (tertiary/aromatic N) is 2. The Labute approximate surface area is 106 Å². The van der Waals surface area contributed by atoms with Crippen molar-refractivity contribution >= 4 is 11.6 Å². The van der Waals surface area contributed by atoms with E-state index in [2.05, 4.69) is 11.9 Å². The summed E-state index contributed by atoms with van der Waals surface area (Å²) >= 11 is 5.83. The van der Waals surface area contributed by atoms with Crippen LogP contribution in [0, 0.1) is 17.2 Å². The van der Waals surface area contributed by atoms with Crippen LogP contribution < -0.4 is 4.74 Å². The molecule has 0 unspecified atom stereocenters. The zero-order chi connectivity index (χ0) is 12.3. The first kappa shape index (κ1) is 12.2. The number of rotatable bonds is 2. The van der Waals surface area contributed by atoms with Gasteiger partial charge in [-0.2, -0.15) is 5.26 Å². The van der Waals surface area contributed by atoms with Gasteiger partial charge in [0.15, 0.2) is 0 Å². The molecule has 1 saturated carbocycles. The van der Waals surface area contributed by atoms with Crippen LogP contribution in [0.1, 0.15) is 38.2 Å². The summed E-state index contributed by atoms with van der Waals surface area (Å²) < 4.78 is 5.78. The lowest BCUT2D eigenvalue weighted by Gasteiger charge is -2.26. The monoisotopic (exact) mass is 250 g/mol. The van der Waals surface area contributed by atoms with Crippen LogP contribution in [0.5, 0.6) is 5.88 Å². The third kappa shape index (κ3) is 3.34. The first-order chi connectivity index (χ1) is 8.17. The molecule has 2 rings (SSSR count). The second-order valence-corrected chi connectivity index (χ2v) is 5.02. The van der Waals surface area contributed by atoms with E-state index in [1.54, 1.807) is 6.07 Å². The van der Waals surface area contributed by atoms with Crippen LogP contribution in [0.2, 0.25) is 5.15 Å². The molecule has 3 nitrogen and oxygen atoms in total. The molecule has 0 spiro atoms. The third-order valence-electron chi connectivity index (χ3n) is 3.15. The van der Waals surface area contributed by atoms with Gasteiger partial charge in [-0.25, -0.2) is 4.98 Å². The molecular weight excluding hydrogens is 236 g/mol. The highest BCUT2D eigenvalue weighted by atomic mass is 35.5. The van der Waals surface area contributed by atoms with Crippen LogP contribution in [-0.4, -0.2) is 11.1 Å². The number of pyridine rings is 1. The van der Waals surface area contributed by atoms with Crippen molar-refractivity contribution in [2.24, 2.45) is 5.92 Å². The zero-order valence-electron chi connectivity index (χ0n) is 9.82. The van der Waals surface area contributed by atoms with Gasteiger partial charge < -0.3 is 4.74 Å². The Hall–Kier alpha value is -1.27. The standard InChI is InChI=1S/C13H15ClN2O/c1-9-2-4-11(5-3-9)17-13-7-10(8-15)6-12(14)16-13/h6-7,9,11H,2-5H2,1H3. The average molecular weight is 251 g/mol. The van der Waals surface area contributed by atoms with Crippen molar-refractivity contribution in [2.75, 3.05) is 0 Å². The Morgan fingerprint density at radius 1 is 1.35 bits per heavy atom. The van der Waals surface area contributed by atoms with E-state index in [0.717, 1.165) is 18.8 Å². The predicted molar refractivity (Wildman–Crippen MR) is 66.0 cm³/mol. The summed E-state index contributed by atoms with van der Waals surface area (Å²) in [5, 5.41) is 9.14. The smallest absolute Gasteiger partial charge is 0.216 e. The van der Waals surface area contributed by atoms with Gasteiger partial charge in [0, 0.05) is 6.07 Å². The Kier molecular flexibility index (Phi) is 3.86. The number of nitriles is 1. The Balaban J connectivity index is 2.03. The van der Waals surface area contributed by atoms with Crippen molar-refractivity contribution in [1.82, 2.24) is 4.98 Å². The lowest BCUT2D eigenvalue weighted by Crippen LogP contribution is -2.23. The summed E-state index contributed by atoms with van der Waals surface area (Å²) in [5.41, 5.74) is 0.490. The number of halogens is 1. The van der Waals surface area contributed by atoms with Crippen molar-refractivity contribution < 1.29 is 4.74 Å². The Morgan fingerprint density at radius 3 is 2.71 bits per heavy atom. The Bertz CT molecular complexity index is 434. The van der Waals surface area contributed by atoms with Gasteiger partial charge in [-0.15, -0.1) is 0 Å². The molecule has 0 atom stereocenters. The lowest BCUT2D eigenvalue weighted by molar-refractivity contribution is 0.130. The molecule has 0 bridgehead atoms. The van der Waals surface area contributed by atoms with Gasteiger partial charge in [-0.05, 0) is 37.7 Å². The van der Waals surface area contributed by atoms with Crippen LogP contribution in [0.3, 0.4) is 0 Å². The van der Waals surface area contributed by atoms with Crippen LogP contribution in [0.25, 0.3) is 0 Å². The normalized spacial score (nSPS) is 24.1. The van der Waals surface area contributed by atoms with Crippen LogP contribution in [-0.2, 0) is 0 Å². The SMILES string of the molecule is CC1CCC(Oc2cc(C#N)cc(Cl)n2)CC1. The van der Waals surface area contributed by atoms with E-state index in [1.165, 1.54) is 18.9 Å². The molecule has 1 aliphatic rings. The molecule has 17 heavy (non-hydrogen) atoms. The molecule has 0 aliphatic heterocycles. The summed E-state index contributed by atoms with van der Waals surface area (Å²) in [6, 6.07) is 5.23. The molecule has 90 valence electrons. The minimum atomic E-state index is 0.212. The number of aromatic nitrogens is 1. The summed E-state index contributed by atoms with van der Waals surface area (Å²) in [4.78, 5) is 4.09. The maximum absolute atomic E-state index is 8.84. The quantitative estimate of drug-likeness (QED) is 0.754. The fourth-order valence-corrected chi connectivity index (χ4v) is 2.32. The van der Waals surface area contributed by atoms with Crippen LogP contribution >= 0.6 is 11.6 Å². The molecule has 0 saturated heterocycles. The molecule has 0 radical (unpaired) electrons. The van der Waals surface area contributed by atoms with Crippen LogP contribution in [0.4, 0.5) is 0 Å². The molecular formula is C13H15ClN2O. The number of hydrogen-bond donors (Lipinski definition) is 0. The molecule has 0 N–H and O–H groups in total. The van der Waals surface area contributed by atoms with Crippen molar-refractivity contribution in [3.63, 3.8) is 0 Å². The number of ether oxygens (including phenoxy) is 1. The fourth-order valence-electron chi connectivity index (χ4n) is 2.12. The molecule has 1 fully saturated rings. The molecule has 4 heteroatoms. The van der Waals surface area contributed by atoms with E-state index >= 15 is 0 Å². The van der Waals surface area contributed by atoms with E-state index < -0.39 is 0 Å². The summed E-state index contributed by atoms with van der Waals surface area (Å²) in [6.07, 6.45) is 4.70. The van der Waals surface area contributed by atoms with Crippen molar-refractivity contribution in [1.29, 1.82) is 5.26 Å². The summed E-state index contributed by atoms with van der Waals surface area (Å²) in [7, 11) is 0. The van der Waals surface area contributed by atoms with Gasteiger partial charge in [-0.3, -0.25) is 0 Å². The van der Waals surface area contributed by atoms with E-state index in [4.69, 9.17) is 21.6 Å². The van der Waals surface area contributed by atoms with Gasteiger partial charge in [-0.1, -0.05) is 18.5 Å². The Morgan fingerprint density at radius 2 is 2.06 bits per heavy atom. The minimum Gasteiger partial charge on any atom is -0.474 e. The van der Waals surface area contributed by atoms with E-state index in [0.29, 0.717) is 16.6 Å². The van der Waals surface area contributed by atoms with Gasteiger partial charge >= 0.3 is 0 Å². The molecule has 1 heterocycles. The maximum atomic E-state index is 8.84. The van der Waals surface area contributed by atoms with Crippen molar-refractivity contribution in [2.45, 2.75) is 38.7 Å². The van der Waals surface area contributed by atoms with Crippen molar-refractivity contribution in [3.05, 3.63) is 22.8 Å². The van der Waals surface area contributed by atoms with Gasteiger partial charge in [0.05, 0.1) is 11.6 Å². The summed E-state index contributed by atoms with van der Waals surface area (Å²) in [6.45, 7) is 2.27. The zero-order valence-corrected chi connectivity index (χ0v) is 10.6. The van der Waals surface area contributed by atoms with Gasteiger partial charge in [0.25, 0.3) is 0 Å². The second-order valence-electron chi connectivity index (χ2n) is 4.63. The highest BCUT2D eigenvalue weighted by molar-refractivity contribution is 6.29. The molecule has 1 aromatic heterocycles. The van der Waals surface area contributed by atoms with Gasteiger partial charge in [0.2, 0.25) is 5.88 Å². The van der Waals surface area contributed by atoms with Gasteiger partial charge in [0.1, 0.15) is 11.3 Å². The maximum Gasteiger partial charge on any atom is 0.216 e. The first-order valence-electron chi connectivity index (χ1n) is 5.91. The van der Waals surface area contributed by atoms with E-state index in [9.17, 15) is 0 Å². The van der Waals surface area contributed by atoms with E-state index in [1.807, 2.05) is 6.07 Å². The first-order valence-corrected chi connectivity index (χ1v) is 6.29. The topological polar surface area (TPSA) is 45.9 Å². The third-order valence-corrected chi connectivity index (χ3v) is 3.34. The molecule has 1 aliphatic carbocycles. The fraction of sp³-hybridized carbons (Fsp3) is 0.538. The molecule has 1 aromatic rings.